The van der Waals surface area contributed by atoms with Gasteiger partial charge in [0.25, 0.3) is 0 Å². The topological polar surface area (TPSA) is 161 Å². The van der Waals surface area contributed by atoms with E-state index in [1.807, 2.05) is 32.9 Å². The molecule has 0 spiro atoms. The monoisotopic (exact) mass is 656 g/mol. The third-order valence-corrected chi connectivity index (χ3v) is 8.42. The molecule has 5 heterocycles. The van der Waals surface area contributed by atoms with Crippen molar-refractivity contribution in [3.8, 4) is 0 Å². The third kappa shape index (κ3) is 10.2. The Hall–Kier alpha value is -3.49. The fourth-order valence-electron chi connectivity index (χ4n) is 5.65. The number of hydrogen-bond donors (Lipinski definition) is 2. The SMILES string of the molecule is CC(C)(C)OC(=O)N1CCC(O)(c2ccc(C3OCCO3)cn2)CC1.CCOC(=O)CCN1CCC(O)(c2ccc(C=O)cn2)CC1. The minimum Gasteiger partial charge on any atom is -0.466 e. The third-order valence-electron chi connectivity index (χ3n) is 8.42. The summed E-state index contributed by atoms with van der Waals surface area (Å²) in [6.45, 7) is 11.8. The number of aromatic nitrogens is 2. The molecule has 2 aromatic heterocycles. The standard InChI is InChI=1S/C18H26N2O5.C16H22N2O4/c1-17(2,3)25-16(21)20-8-6-18(22,7-9-20)14-5-4-13(12-19-14)15-23-10-11-24-15;1-2-22-15(20)5-8-18-9-6-16(21,7-10-18)14-4-3-13(12-19)11-17-14/h4-5,12,15,22H,6-11H2,1-3H3;3-4,11-12,21H,2,5-10H2,1H3. The number of carbonyl (C=O) groups excluding carboxylic acids is 3. The van der Waals surface area contributed by atoms with Crippen LogP contribution in [0.5, 0.6) is 0 Å². The van der Waals surface area contributed by atoms with E-state index < -0.39 is 16.8 Å². The van der Waals surface area contributed by atoms with Crippen molar-refractivity contribution in [3.63, 3.8) is 0 Å². The van der Waals surface area contributed by atoms with Gasteiger partial charge in [-0.3, -0.25) is 19.6 Å². The van der Waals surface area contributed by atoms with Crippen molar-refractivity contribution in [2.24, 2.45) is 0 Å². The predicted octanol–water partition coefficient (Wildman–Crippen LogP) is 3.48. The van der Waals surface area contributed by atoms with Gasteiger partial charge >= 0.3 is 12.1 Å². The quantitative estimate of drug-likeness (QED) is 0.315. The molecule has 1 amide bonds. The molecular formula is C34H48N4O9. The first-order chi connectivity index (χ1) is 22.3. The normalized spacial score (nSPS) is 19.7. The fourth-order valence-corrected chi connectivity index (χ4v) is 5.65. The van der Waals surface area contributed by atoms with Crippen LogP contribution >= 0.6 is 0 Å². The maximum Gasteiger partial charge on any atom is 0.410 e. The minimum absolute atomic E-state index is 0.186. The number of pyridine rings is 2. The van der Waals surface area contributed by atoms with Gasteiger partial charge in [0.05, 0.1) is 37.6 Å². The molecule has 0 unspecified atom stereocenters. The van der Waals surface area contributed by atoms with E-state index in [1.54, 1.807) is 30.2 Å². The number of amides is 1. The molecular weight excluding hydrogens is 608 g/mol. The second-order valence-corrected chi connectivity index (χ2v) is 13.1. The van der Waals surface area contributed by atoms with Crippen molar-refractivity contribution in [1.29, 1.82) is 0 Å². The maximum absolute atomic E-state index is 12.1. The van der Waals surface area contributed by atoms with Gasteiger partial charge in [-0.25, -0.2) is 4.79 Å². The lowest BCUT2D eigenvalue weighted by Gasteiger charge is -2.38. The average Bonchev–Trinajstić information content (AvgIpc) is 3.60. The van der Waals surface area contributed by atoms with Crippen LogP contribution in [0.1, 0.15) is 93.4 Å². The van der Waals surface area contributed by atoms with Crippen LogP contribution < -0.4 is 0 Å². The van der Waals surface area contributed by atoms with E-state index in [0.29, 0.717) is 102 Å². The van der Waals surface area contributed by atoms with Crippen LogP contribution in [0, 0.1) is 0 Å². The smallest absolute Gasteiger partial charge is 0.410 e. The van der Waals surface area contributed by atoms with Crippen LogP contribution in [0.15, 0.2) is 36.7 Å². The number of nitrogens with zero attached hydrogens (tertiary/aromatic N) is 4. The minimum atomic E-state index is -1.03. The summed E-state index contributed by atoms with van der Waals surface area (Å²) in [5, 5.41) is 21.6. The van der Waals surface area contributed by atoms with Crippen LogP contribution in [-0.4, -0.2) is 106 Å². The van der Waals surface area contributed by atoms with Gasteiger partial charge in [-0.15, -0.1) is 0 Å². The second kappa shape index (κ2) is 16.1. The van der Waals surface area contributed by atoms with Gasteiger partial charge in [0.15, 0.2) is 12.6 Å². The number of ether oxygens (including phenoxy) is 4. The highest BCUT2D eigenvalue weighted by molar-refractivity contribution is 5.74. The van der Waals surface area contributed by atoms with E-state index in [0.717, 1.165) is 11.8 Å². The van der Waals surface area contributed by atoms with E-state index in [-0.39, 0.29) is 18.4 Å². The molecule has 0 bridgehead atoms. The maximum atomic E-state index is 12.1. The molecule has 258 valence electrons. The number of likely N-dealkylation sites (tertiary alicyclic amines) is 2. The Kier molecular flexibility index (Phi) is 12.4. The number of piperidine rings is 2. The van der Waals surface area contributed by atoms with E-state index >= 15 is 0 Å². The summed E-state index contributed by atoms with van der Waals surface area (Å²) >= 11 is 0. The molecule has 0 saturated carbocycles. The molecule has 5 rings (SSSR count). The summed E-state index contributed by atoms with van der Waals surface area (Å²) in [5.74, 6) is -0.186. The van der Waals surface area contributed by atoms with Crippen LogP contribution in [0.25, 0.3) is 0 Å². The molecule has 0 aliphatic carbocycles. The molecule has 13 nitrogen and oxygen atoms in total. The lowest BCUT2D eigenvalue weighted by atomic mass is 9.87. The van der Waals surface area contributed by atoms with Crippen LogP contribution in [-0.2, 0) is 34.9 Å². The zero-order valence-corrected chi connectivity index (χ0v) is 27.9. The molecule has 2 aromatic rings. The van der Waals surface area contributed by atoms with Crippen LogP contribution in [0.2, 0.25) is 0 Å². The summed E-state index contributed by atoms with van der Waals surface area (Å²) < 4.78 is 21.2. The van der Waals surface area contributed by atoms with E-state index in [1.165, 1.54) is 6.20 Å². The average molecular weight is 657 g/mol. The zero-order valence-electron chi connectivity index (χ0n) is 27.9. The van der Waals surface area contributed by atoms with Gasteiger partial charge in [-0.05, 0) is 71.6 Å². The first kappa shape index (κ1) is 36.3. The molecule has 3 saturated heterocycles. The number of carbonyl (C=O) groups is 3. The Morgan fingerprint density at radius 2 is 1.51 bits per heavy atom. The van der Waals surface area contributed by atoms with Gasteiger partial charge in [0.1, 0.15) is 16.8 Å². The predicted molar refractivity (Wildman–Crippen MR) is 170 cm³/mol. The zero-order chi connectivity index (χ0) is 34.1. The van der Waals surface area contributed by atoms with E-state index in [4.69, 9.17) is 18.9 Å². The Labute approximate surface area is 276 Å². The highest BCUT2D eigenvalue weighted by Gasteiger charge is 2.38. The number of aliphatic hydroxyl groups is 2. The van der Waals surface area contributed by atoms with Crippen molar-refractivity contribution in [1.82, 2.24) is 19.8 Å². The van der Waals surface area contributed by atoms with E-state index in [9.17, 15) is 24.6 Å². The van der Waals surface area contributed by atoms with E-state index in [2.05, 4.69) is 14.9 Å². The molecule has 0 radical (unpaired) electrons. The molecule has 3 fully saturated rings. The molecule has 0 atom stereocenters. The molecule has 2 N–H and O–H groups in total. The Bertz CT molecular complexity index is 1310. The molecule has 0 aromatic carbocycles. The number of aldehydes is 1. The van der Waals surface area contributed by atoms with Gasteiger partial charge in [-0.1, -0.05) is 6.07 Å². The molecule has 3 aliphatic heterocycles. The van der Waals surface area contributed by atoms with Gasteiger partial charge in [0.2, 0.25) is 0 Å². The largest absolute Gasteiger partial charge is 0.466 e. The Morgan fingerprint density at radius 3 is 2.00 bits per heavy atom. The van der Waals surface area contributed by atoms with Gasteiger partial charge < -0.3 is 39.0 Å². The number of rotatable bonds is 8. The summed E-state index contributed by atoms with van der Waals surface area (Å²) in [6.07, 6.45) is 5.53. The molecule has 13 heteroatoms. The summed E-state index contributed by atoms with van der Waals surface area (Å²) in [4.78, 5) is 46.5. The highest BCUT2D eigenvalue weighted by atomic mass is 16.7. The Balaban J connectivity index is 0.000000215. The molecule has 47 heavy (non-hydrogen) atoms. The summed E-state index contributed by atoms with van der Waals surface area (Å²) in [6, 6.07) is 7.05. The van der Waals surface area contributed by atoms with Crippen molar-refractivity contribution >= 4 is 18.3 Å². The Morgan fingerprint density at radius 1 is 0.936 bits per heavy atom. The van der Waals surface area contributed by atoms with Gasteiger partial charge in [-0.2, -0.15) is 0 Å². The number of hydrogen-bond acceptors (Lipinski definition) is 12. The van der Waals surface area contributed by atoms with Crippen molar-refractivity contribution in [3.05, 3.63) is 59.2 Å². The second-order valence-electron chi connectivity index (χ2n) is 13.1. The van der Waals surface area contributed by atoms with Crippen LogP contribution in [0.3, 0.4) is 0 Å². The molecule has 3 aliphatic rings. The van der Waals surface area contributed by atoms with Crippen molar-refractivity contribution in [2.75, 3.05) is 52.5 Å². The first-order valence-corrected chi connectivity index (χ1v) is 16.3. The van der Waals surface area contributed by atoms with Crippen LogP contribution in [0.4, 0.5) is 4.79 Å². The van der Waals surface area contributed by atoms with Crippen molar-refractivity contribution in [2.45, 2.75) is 82.9 Å². The highest BCUT2D eigenvalue weighted by Crippen LogP contribution is 2.34. The van der Waals surface area contributed by atoms with Crippen molar-refractivity contribution < 1.29 is 43.5 Å². The lowest BCUT2D eigenvalue weighted by Crippen LogP contribution is -2.47. The number of esters is 1. The van der Waals surface area contributed by atoms with Gasteiger partial charge in [0, 0.05) is 56.2 Å². The first-order valence-electron chi connectivity index (χ1n) is 16.3. The lowest BCUT2D eigenvalue weighted by molar-refractivity contribution is -0.143. The fraction of sp³-hybridized carbons (Fsp3) is 0.618. The summed E-state index contributed by atoms with van der Waals surface area (Å²) in [5.41, 5.74) is 0.0413. The summed E-state index contributed by atoms with van der Waals surface area (Å²) in [7, 11) is 0.